The zero-order valence-electron chi connectivity index (χ0n) is 38.4. The number of furan rings is 2. The number of carbonyl (C=O) groups is 5. The minimum atomic E-state index is -0.550. The van der Waals surface area contributed by atoms with Gasteiger partial charge < -0.3 is 14.2 Å². The number of fused-ring (bicyclic) bond motifs is 10. The average Bonchev–Trinajstić information content (AvgIpc) is 3.80. The van der Waals surface area contributed by atoms with Crippen molar-refractivity contribution in [3.8, 4) is 22.6 Å². The van der Waals surface area contributed by atoms with Crippen LogP contribution in [-0.4, -0.2) is 38.9 Å². The predicted octanol–water partition coefficient (Wildman–Crippen LogP) is 10.7. The van der Waals surface area contributed by atoms with Gasteiger partial charge in [-0.25, -0.2) is 0 Å². The standard InChI is InChI=1S/C56H53N3O7/c1-31-42(65-53-38-18-20-40-36(11-7-23-55(40,3)4)47(38)51(63)49(61)45(31)53)29-59(28-35-15-13-34(14-16-35)27-58-44(60)22-17-33-10-9-25-57-26-33)30-43-32(2)46-50(62)52(64)48-37-12-8-24-56(5,6)41(37)21-19-39(48)54(46)66-43/h9-10,13-22,25-26H,7-8,11-12,23-24,27-30H2,1-6H3,(H,58,60)/b22-17+. The number of carbonyl (C=O) groups excluding carboxylic acids is 5. The van der Waals surface area contributed by atoms with E-state index in [1.165, 1.54) is 6.08 Å². The van der Waals surface area contributed by atoms with Crippen LogP contribution >= 0.6 is 0 Å². The molecule has 4 aliphatic carbocycles. The van der Waals surface area contributed by atoms with Gasteiger partial charge in [-0.15, -0.1) is 0 Å². The van der Waals surface area contributed by atoms with Crippen molar-refractivity contribution in [3.63, 3.8) is 0 Å². The molecule has 0 fully saturated rings. The van der Waals surface area contributed by atoms with Gasteiger partial charge in [0.25, 0.3) is 0 Å². The zero-order chi connectivity index (χ0) is 46.2. The zero-order valence-corrected chi connectivity index (χ0v) is 38.4. The Morgan fingerprint density at radius 1 is 0.667 bits per heavy atom. The third-order valence-corrected chi connectivity index (χ3v) is 14.6. The van der Waals surface area contributed by atoms with E-state index in [0.717, 1.165) is 77.5 Å². The molecule has 0 saturated heterocycles. The van der Waals surface area contributed by atoms with Gasteiger partial charge in [-0.1, -0.05) is 82.3 Å². The van der Waals surface area contributed by atoms with Crippen molar-refractivity contribution < 1.29 is 32.8 Å². The summed E-state index contributed by atoms with van der Waals surface area (Å²) in [6.07, 6.45) is 11.9. The van der Waals surface area contributed by atoms with Gasteiger partial charge in [0.15, 0.2) is 0 Å². The van der Waals surface area contributed by atoms with E-state index in [1.54, 1.807) is 18.5 Å². The lowest BCUT2D eigenvalue weighted by Crippen LogP contribution is -2.29. The van der Waals surface area contributed by atoms with Crippen LogP contribution in [0.5, 0.6) is 0 Å². The van der Waals surface area contributed by atoms with Gasteiger partial charge in [-0.05, 0) is 114 Å². The van der Waals surface area contributed by atoms with E-state index in [9.17, 15) is 24.0 Å². The Labute approximate surface area is 384 Å². The fourth-order valence-corrected chi connectivity index (χ4v) is 11.0. The lowest BCUT2D eigenvalue weighted by Gasteiger charge is -2.34. The predicted molar refractivity (Wildman–Crippen MR) is 252 cm³/mol. The highest BCUT2D eigenvalue weighted by molar-refractivity contribution is 6.54. The second-order valence-corrected chi connectivity index (χ2v) is 19.8. The summed E-state index contributed by atoms with van der Waals surface area (Å²) in [6.45, 7) is 13.7. The maximum Gasteiger partial charge on any atom is 0.244 e. The van der Waals surface area contributed by atoms with Crippen LogP contribution in [0.4, 0.5) is 0 Å². The van der Waals surface area contributed by atoms with Crippen LogP contribution in [0.3, 0.4) is 0 Å². The molecule has 334 valence electrons. The Morgan fingerprint density at radius 3 is 1.67 bits per heavy atom. The van der Waals surface area contributed by atoms with Gasteiger partial charge in [0, 0.05) is 64.9 Å². The Kier molecular flexibility index (Phi) is 10.6. The molecule has 66 heavy (non-hydrogen) atoms. The number of Topliss-reactive ketones (excluding diaryl/α,β-unsaturated/α-hetero) is 4. The molecular weight excluding hydrogens is 827 g/mol. The first-order chi connectivity index (χ1) is 31.6. The minimum Gasteiger partial charge on any atom is -0.459 e. The fourth-order valence-electron chi connectivity index (χ4n) is 11.0. The highest BCUT2D eigenvalue weighted by Crippen LogP contribution is 2.48. The maximum atomic E-state index is 14.1. The molecule has 0 spiro atoms. The normalized spacial score (nSPS) is 16.7. The molecule has 4 aliphatic rings. The Morgan fingerprint density at radius 2 is 1.17 bits per heavy atom. The van der Waals surface area contributed by atoms with Crippen LogP contribution in [0, 0.1) is 13.8 Å². The van der Waals surface area contributed by atoms with Crippen LogP contribution in [0.1, 0.15) is 156 Å². The van der Waals surface area contributed by atoms with Crippen molar-refractivity contribution in [2.45, 2.75) is 117 Å². The number of benzene rings is 3. The molecule has 10 nitrogen and oxygen atoms in total. The summed E-state index contributed by atoms with van der Waals surface area (Å²) in [5, 5.41) is 2.94. The summed E-state index contributed by atoms with van der Waals surface area (Å²) in [5.74, 6) is -0.353. The number of amides is 1. The van der Waals surface area contributed by atoms with Crippen molar-refractivity contribution in [1.29, 1.82) is 0 Å². The number of nitrogens with one attached hydrogen (secondary N) is 1. The SMILES string of the molecule is Cc1c(CN(Cc2ccc(CNC(=O)/C=C/c3cccnc3)cc2)Cc2oc3c(c2C)C(=O)C(=O)c2c-3ccc3c2CCCC3(C)C)oc2c1C(=O)C(=O)c1c-2ccc2c1CCCC2(C)C. The van der Waals surface area contributed by atoms with E-state index < -0.39 is 23.1 Å². The molecule has 0 saturated carbocycles. The molecule has 0 atom stereocenters. The summed E-state index contributed by atoms with van der Waals surface area (Å²) < 4.78 is 13.4. The number of hydrogen-bond acceptors (Lipinski definition) is 9. The van der Waals surface area contributed by atoms with Gasteiger partial charge in [-0.2, -0.15) is 0 Å². The van der Waals surface area contributed by atoms with E-state index in [0.29, 0.717) is 80.6 Å². The fraction of sp³-hybridized carbons (Fsp3) is 0.321. The summed E-state index contributed by atoms with van der Waals surface area (Å²) >= 11 is 0. The molecule has 6 aromatic rings. The number of rotatable bonds is 10. The maximum absolute atomic E-state index is 14.1. The highest BCUT2D eigenvalue weighted by Gasteiger charge is 2.43. The van der Waals surface area contributed by atoms with Crippen LogP contribution in [0.25, 0.3) is 28.7 Å². The van der Waals surface area contributed by atoms with Crippen LogP contribution in [0.15, 0.2) is 88.0 Å². The molecule has 0 unspecified atom stereocenters. The third-order valence-electron chi connectivity index (χ3n) is 14.6. The summed E-state index contributed by atoms with van der Waals surface area (Å²) in [4.78, 5) is 75.0. The number of hydrogen-bond donors (Lipinski definition) is 1. The highest BCUT2D eigenvalue weighted by atomic mass is 16.3. The van der Waals surface area contributed by atoms with E-state index in [2.05, 4.69) is 55.0 Å². The summed E-state index contributed by atoms with van der Waals surface area (Å²) in [7, 11) is 0. The van der Waals surface area contributed by atoms with Gasteiger partial charge in [0.1, 0.15) is 23.0 Å². The Balaban J connectivity index is 0.985. The van der Waals surface area contributed by atoms with Crippen molar-refractivity contribution in [2.24, 2.45) is 0 Å². The number of nitrogens with zero attached hydrogens (tertiary/aromatic N) is 2. The van der Waals surface area contributed by atoms with E-state index >= 15 is 0 Å². The largest absolute Gasteiger partial charge is 0.459 e. The molecule has 3 aromatic heterocycles. The summed E-state index contributed by atoms with van der Waals surface area (Å²) in [6, 6.07) is 19.7. The average molecular weight is 880 g/mol. The van der Waals surface area contributed by atoms with E-state index in [4.69, 9.17) is 8.83 Å². The second-order valence-electron chi connectivity index (χ2n) is 19.8. The summed E-state index contributed by atoms with van der Waals surface area (Å²) in [5.41, 5.74) is 10.7. The first kappa shape index (κ1) is 43.1. The molecule has 3 aromatic carbocycles. The van der Waals surface area contributed by atoms with Crippen LogP contribution in [0.2, 0.25) is 0 Å². The third kappa shape index (κ3) is 7.32. The second kappa shape index (κ2) is 16.3. The van der Waals surface area contributed by atoms with E-state index in [1.807, 2.05) is 62.4 Å². The van der Waals surface area contributed by atoms with Crippen molar-refractivity contribution >= 4 is 35.1 Å². The van der Waals surface area contributed by atoms with Gasteiger partial charge in [-0.3, -0.25) is 33.9 Å². The number of aromatic nitrogens is 1. The van der Waals surface area contributed by atoms with Gasteiger partial charge >= 0.3 is 0 Å². The van der Waals surface area contributed by atoms with Crippen molar-refractivity contribution in [1.82, 2.24) is 15.2 Å². The number of ketones is 4. The Bertz CT molecular complexity index is 2920. The Hall–Kier alpha value is -6.78. The van der Waals surface area contributed by atoms with Crippen molar-refractivity contribution in [2.75, 3.05) is 0 Å². The van der Waals surface area contributed by atoms with Gasteiger partial charge in [0.05, 0.1) is 24.2 Å². The smallest absolute Gasteiger partial charge is 0.244 e. The van der Waals surface area contributed by atoms with E-state index in [-0.39, 0.29) is 29.8 Å². The molecule has 0 radical (unpaired) electrons. The molecule has 0 bridgehead atoms. The first-order valence-electron chi connectivity index (χ1n) is 23.0. The molecule has 10 rings (SSSR count). The molecular formula is C56H53N3O7. The molecule has 1 amide bonds. The quantitative estimate of drug-likeness (QED) is 0.105. The molecule has 1 N–H and O–H groups in total. The number of pyridine rings is 1. The van der Waals surface area contributed by atoms with Gasteiger partial charge in [0.2, 0.25) is 29.0 Å². The first-order valence-corrected chi connectivity index (χ1v) is 23.0. The monoisotopic (exact) mass is 879 g/mol. The molecule has 3 heterocycles. The van der Waals surface area contributed by atoms with Crippen molar-refractivity contribution in [3.05, 3.63) is 163 Å². The minimum absolute atomic E-state index is 0.111. The molecule has 0 aliphatic heterocycles. The van der Waals surface area contributed by atoms with Crippen LogP contribution < -0.4 is 5.32 Å². The van der Waals surface area contributed by atoms with Crippen LogP contribution in [-0.2, 0) is 54.6 Å². The lowest BCUT2D eigenvalue weighted by atomic mass is 9.69. The topological polar surface area (TPSA) is 140 Å². The molecule has 10 heteroatoms. The lowest BCUT2D eigenvalue weighted by molar-refractivity contribution is -0.116.